The summed E-state index contributed by atoms with van der Waals surface area (Å²) >= 11 is 5.68. The molecule has 0 saturated carbocycles. The van der Waals surface area contributed by atoms with E-state index >= 15 is 0 Å². The summed E-state index contributed by atoms with van der Waals surface area (Å²) < 4.78 is 14.1. The zero-order valence-electron chi connectivity index (χ0n) is 14.1. The lowest BCUT2D eigenvalue weighted by Crippen LogP contribution is -2.33. The van der Waals surface area contributed by atoms with Crippen LogP contribution in [0.2, 0.25) is 5.02 Å². The van der Waals surface area contributed by atoms with E-state index in [1.54, 1.807) is 24.3 Å². The van der Waals surface area contributed by atoms with Crippen LogP contribution in [-0.2, 0) is 11.3 Å². The van der Waals surface area contributed by atoms with E-state index < -0.39 is 29.7 Å². The molecule has 2 N–H and O–H groups in total. The van der Waals surface area contributed by atoms with Crippen molar-refractivity contribution in [2.45, 2.75) is 6.54 Å². The van der Waals surface area contributed by atoms with Crippen molar-refractivity contribution in [1.29, 1.82) is 0 Å². The number of aromatic nitrogens is 2. The molecule has 0 aliphatic heterocycles. The van der Waals surface area contributed by atoms with E-state index in [0.29, 0.717) is 5.39 Å². The van der Waals surface area contributed by atoms with Crippen molar-refractivity contribution in [2.75, 3.05) is 12.4 Å². The third kappa shape index (κ3) is 3.80. The molecule has 1 aromatic heterocycles. The Balaban J connectivity index is 1.95. The number of hydrogen-bond acceptors (Lipinski definition) is 4. The fourth-order valence-electron chi connectivity index (χ4n) is 2.54. The zero-order chi connectivity index (χ0) is 19.6. The lowest BCUT2D eigenvalue weighted by Gasteiger charge is -2.11. The standard InChI is InChI=1S/C18H14ClFN4O3/c1-21-17(26)16-11-4-2-3-5-12(11)18(27)24(23-16)9-15(25)22-10-6-7-14(20)13(19)8-10/h2-8H,9H2,1H3,(H,21,26)(H,22,25). The number of fused-ring (bicyclic) bond motifs is 1. The highest BCUT2D eigenvalue weighted by atomic mass is 35.5. The number of rotatable bonds is 4. The van der Waals surface area contributed by atoms with Crippen LogP contribution >= 0.6 is 11.6 Å². The second-order valence-corrected chi connectivity index (χ2v) is 6.02. The van der Waals surface area contributed by atoms with Crippen LogP contribution in [0.4, 0.5) is 10.1 Å². The van der Waals surface area contributed by atoms with Crippen LogP contribution in [0, 0.1) is 5.82 Å². The highest BCUT2D eigenvalue weighted by molar-refractivity contribution is 6.31. The summed E-state index contributed by atoms with van der Waals surface area (Å²) in [6.07, 6.45) is 0. The minimum atomic E-state index is -0.614. The van der Waals surface area contributed by atoms with Crippen molar-refractivity contribution in [3.63, 3.8) is 0 Å². The van der Waals surface area contributed by atoms with Gasteiger partial charge in [0.25, 0.3) is 11.5 Å². The molecule has 2 amide bonds. The van der Waals surface area contributed by atoms with Crippen LogP contribution in [0.15, 0.2) is 47.3 Å². The summed E-state index contributed by atoms with van der Waals surface area (Å²) in [5, 5.41) is 9.51. The maximum atomic E-state index is 13.2. The number of nitrogens with one attached hydrogen (secondary N) is 2. The third-order valence-corrected chi connectivity index (χ3v) is 4.10. The van der Waals surface area contributed by atoms with Gasteiger partial charge in [0.1, 0.15) is 12.4 Å². The van der Waals surface area contributed by atoms with Gasteiger partial charge in [-0.15, -0.1) is 0 Å². The number of anilines is 1. The van der Waals surface area contributed by atoms with Crippen LogP contribution in [0.3, 0.4) is 0 Å². The zero-order valence-corrected chi connectivity index (χ0v) is 14.9. The molecule has 0 bridgehead atoms. The van der Waals surface area contributed by atoms with Gasteiger partial charge in [-0.2, -0.15) is 5.10 Å². The smallest absolute Gasteiger partial charge is 0.275 e. The summed E-state index contributed by atoms with van der Waals surface area (Å²) in [6.45, 7) is -0.428. The Bertz CT molecular complexity index is 1110. The van der Waals surface area contributed by atoms with Crippen molar-refractivity contribution in [1.82, 2.24) is 15.1 Å². The lowest BCUT2D eigenvalue weighted by atomic mass is 10.1. The van der Waals surface area contributed by atoms with E-state index in [4.69, 9.17) is 11.6 Å². The number of benzene rings is 2. The summed E-state index contributed by atoms with van der Waals surface area (Å²) in [5.41, 5.74) is -0.206. The minimum Gasteiger partial charge on any atom is -0.354 e. The van der Waals surface area contributed by atoms with Crippen LogP contribution in [0.5, 0.6) is 0 Å². The Morgan fingerprint density at radius 1 is 1.19 bits per heavy atom. The van der Waals surface area contributed by atoms with Crippen LogP contribution in [-0.4, -0.2) is 28.6 Å². The molecular formula is C18H14ClFN4O3. The molecule has 3 aromatic rings. The predicted molar refractivity (Wildman–Crippen MR) is 99.4 cm³/mol. The van der Waals surface area contributed by atoms with Crippen LogP contribution < -0.4 is 16.2 Å². The van der Waals surface area contributed by atoms with Gasteiger partial charge in [0, 0.05) is 18.1 Å². The maximum absolute atomic E-state index is 13.2. The Labute approximate surface area is 157 Å². The molecule has 3 rings (SSSR count). The first kappa shape index (κ1) is 18.5. The summed E-state index contributed by atoms with van der Waals surface area (Å²) in [4.78, 5) is 37.0. The Kier molecular flexibility index (Phi) is 5.18. The first-order valence-electron chi connectivity index (χ1n) is 7.87. The topological polar surface area (TPSA) is 93.1 Å². The number of nitrogens with zero attached hydrogens (tertiary/aromatic N) is 2. The monoisotopic (exact) mass is 388 g/mol. The van der Waals surface area contributed by atoms with Gasteiger partial charge in [0.15, 0.2) is 5.69 Å². The first-order valence-corrected chi connectivity index (χ1v) is 8.25. The second-order valence-electron chi connectivity index (χ2n) is 5.61. The van der Waals surface area contributed by atoms with Gasteiger partial charge in [-0.25, -0.2) is 9.07 Å². The van der Waals surface area contributed by atoms with E-state index in [1.807, 2.05) is 0 Å². The van der Waals surface area contributed by atoms with Gasteiger partial charge in [-0.1, -0.05) is 29.8 Å². The van der Waals surface area contributed by atoms with Gasteiger partial charge in [0.2, 0.25) is 5.91 Å². The van der Waals surface area contributed by atoms with Gasteiger partial charge >= 0.3 is 0 Å². The van der Waals surface area contributed by atoms with Gasteiger partial charge in [-0.05, 0) is 24.3 Å². The van der Waals surface area contributed by atoms with Crippen molar-refractivity contribution < 1.29 is 14.0 Å². The van der Waals surface area contributed by atoms with E-state index in [1.165, 1.54) is 19.2 Å². The average Bonchev–Trinajstić information content (AvgIpc) is 2.66. The number of carbonyl (C=O) groups is 2. The van der Waals surface area contributed by atoms with E-state index in [0.717, 1.165) is 10.7 Å². The molecule has 138 valence electrons. The number of carbonyl (C=O) groups excluding carboxylic acids is 2. The highest BCUT2D eigenvalue weighted by Crippen LogP contribution is 2.19. The van der Waals surface area contributed by atoms with Gasteiger partial charge in [0.05, 0.1) is 10.4 Å². The highest BCUT2D eigenvalue weighted by Gasteiger charge is 2.17. The van der Waals surface area contributed by atoms with Crippen molar-refractivity contribution in [2.24, 2.45) is 0 Å². The minimum absolute atomic E-state index is 0.0327. The molecule has 0 radical (unpaired) electrons. The second kappa shape index (κ2) is 7.55. The lowest BCUT2D eigenvalue weighted by molar-refractivity contribution is -0.117. The fraction of sp³-hybridized carbons (Fsp3) is 0.111. The Morgan fingerprint density at radius 3 is 2.56 bits per heavy atom. The van der Waals surface area contributed by atoms with E-state index in [2.05, 4.69) is 15.7 Å². The van der Waals surface area contributed by atoms with E-state index in [9.17, 15) is 18.8 Å². The molecule has 0 unspecified atom stereocenters. The maximum Gasteiger partial charge on any atom is 0.275 e. The number of halogens is 2. The molecule has 7 nitrogen and oxygen atoms in total. The van der Waals surface area contributed by atoms with Crippen molar-refractivity contribution in [3.05, 3.63) is 69.4 Å². The SMILES string of the molecule is CNC(=O)c1nn(CC(=O)Nc2ccc(F)c(Cl)c2)c(=O)c2ccccc12. The molecular weight excluding hydrogens is 375 g/mol. The molecule has 0 aliphatic rings. The normalized spacial score (nSPS) is 10.6. The molecule has 9 heteroatoms. The molecule has 0 aliphatic carbocycles. The van der Waals surface area contributed by atoms with Crippen molar-refractivity contribution >= 4 is 39.9 Å². The fourth-order valence-corrected chi connectivity index (χ4v) is 2.72. The molecule has 0 spiro atoms. The first-order chi connectivity index (χ1) is 12.9. The Morgan fingerprint density at radius 2 is 1.89 bits per heavy atom. The predicted octanol–water partition coefficient (Wildman–Crippen LogP) is 2.19. The quantitative estimate of drug-likeness (QED) is 0.716. The summed E-state index contributed by atoms with van der Waals surface area (Å²) in [7, 11) is 1.44. The molecule has 0 atom stereocenters. The van der Waals surface area contributed by atoms with Crippen LogP contribution in [0.1, 0.15) is 10.5 Å². The molecule has 1 heterocycles. The van der Waals surface area contributed by atoms with Gasteiger partial charge in [-0.3, -0.25) is 14.4 Å². The summed E-state index contributed by atoms with van der Waals surface area (Å²) in [6, 6.07) is 10.2. The van der Waals surface area contributed by atoms with E-state index in [-0.39, 0.29) is 21.8 Å². The van der Waals surface area contributed by atoms with Crippen molar-refractivity contribution in [3.8, 4) is 0 Å². The number of amides is 2. The average molecular weight is 389 g/mol. The largest absolute Gasteiger partial charge is 0.354 e. The molecule has 2 aromatic carbocycles. The Hall–Kier alpha value is -3.26. The molecule has 0 saturated heterocycles. The van der Waals surface area contributed by atoms with Crippen LogP contribution in [0.25, 0.3) is 10.8 Å². The molecule has 27 heavy (non-hydrogen) atoms. The van der Waals surface area contributed by atoms with Gasteiger partial charge < -0.3 is 10.6 Å². The summed E-state index contributed by atoms with van der Waals surface area (Å²) in [5.74, 6) is -1.67. The third-order valence-electron chi connectivity index (χ3n) is 3.81. The molecule has 0 fully saturated rings. The number of hydrogen-bond donors (Lipinski definition) is 2.